The molecule has 0 atom stereocenters. The molecule has 0 aliphatic carbocycles. The van der Waals surface area contributed by atoms with Crippen molar-refractivity contribution in [2.45, 2.75) is 6.54 Å². The molecule has 0 radical (unpaired) electrons. The van der Waals surface area contributed by atoms with Gasteiger partial charge in [0.25, 0.3) is 0 Å². The zero-order valence-electron chi connectivity index (χ0n) is 14.8. The van der Waals surface area contributed by atoms with Crippen LogP contribution in [0.25, 0.3) is 22.4 Å². The minimum absolute atomic E-state index is 0.239. The second kappa shape index (κ2) is 7.35. The van der Waals surface area contributed by atoms with E-state index in [4.69, 9.17) is 0 Å². The molecule has 2 aromatic heterocycles. The van der Waals surface area contributed by atoms with E-state index in [0.29, 0.717) is 0 Å². The summed E-state index contributed by atoms with van der Waals surface area (Å²) in [5, 5.41) is 7.79. The van der Waals surface area contributed by atoms with E-state index in [9.17, 15) is 4.39 Å². The highest BCUT2D eigenvalue weighted by Crippen LogP contribution is 2.33. The number of nitrogens with zero attached hydrogens (tertiary/aromatic N) is 4. The quantitative estimate of drug-likeness (QED) is 0.785. The van der Waals surface area contributed by atoms with Crippen LogP contribution in [0.1, 0.15) is 5.69 Å². The number of benzene rings is 1. The molecule has 0 amide bonds. The predicted molar refractivity (Wildman–Crippen MR) is 100.0 cm³/mol. The van der Waals surface area contributed by atoms with Gasteiger partial charge in [-0.25, -0.2) is 4.39 Å². The second-order valence-corrected chi connectivity index (χ2v) is 6.74. The molecule has 1 N–H and O–H groups in total. The Morgan fingerprint density at radius 2 is 1.65 bits per heavy atom. The fraction of sp³-hybridized carbons (Fsp3) is 0.300. The molecule has 1 saturated heterocycles. The fourth-order valence-electron chi connectivity index (χ4n) is 3.37. The summed E-state index contributed by atoms with van der Waals surface area (Å²) in [6, 6.07) is 10.5. The number of aromatic amines is 1. The van der Waals surface area contributed by atoms with Crippen molar-refractivity contribution >= 4 is 0 Å². The van der Waals surface area contributed by atoms with Crippen LogP contribution < -0.4 is 0 Å². The predicted octanol–water partition coefficient (Wildman–Crippen LogP) is 3.03. The van der Waals surface area contributed by atoms with E-state index in [2.05, 4.69) is 32.0 Å². The first-order chi connectivity index (χ1) is 12.7. The highest BCUT2D eigenvalue weighted by atomic mass is 19.1. The van der Waals surface area contributed by atoms with E-state index in [1.54, 1.807) is 24.5 Å². The van der Waals surface area contributed by atoms with Crippen LogP contribution in [0.3, 0.4) is 0 Å². The van der Waals surface area contributed by atoms with Gasteiger partial charge in [-0.05, 0) is 49.0 Å². The maximum absolute atomic E-state index is 13.3. The van der Waals surface area contributed by atoms with Crippen LogP contribution in [0.4, 0.5) is 4.39 Å². The van der Waals surface area contributed by atoms with Crippen LogP contribution in [-0.2, 0) is 6.54 Å². The first-order valence-electron chi connectivity index (χ1n) is 8.85. The molecule has 0 bridgehead atoms. The Kier molecular flexibility index (Phi) is 4.77. The third kappa shape index (κ3) is 3.52. The van der Waals surface area contributed by atoms with Gasteiger partial charge in [-0.15, -0.1) is 0 Å². The fourth-order valence-corrected chi connectivity index (χ4v) is 3.37. The molecule has 4 rings (SSSR count). The number of pyridine rings is 1. The zero-order chi connectivity index (χ0) is 17.9. The molecule has 0 saturated carbocycles. The standard InChI is InChI=1S/C20H22FN5/c1-25-10-12-26(13-11-25)14-18-19(15-6-8-22-9-7-15)20(24-23-18)16-2-4-17(21)5-3-16/h2-9H,10-14H2,1H3,(H,23,24). The van der Waals surface area contributed by atoms with Gasteiger partial charge in [0.05, 0.1) is 11.4 Å². The Bertz CT molecular complexity index is 852. The van der Waals surface area contributed by atoms with Crippen LogP contribution in [0.5, 0.6) is 0 Å². The Morgan fingerprint density at radius 3 is 2.35 bits per heavy atom. The van der Waals surface area contributed by atoms with Crippen molar-refractivity contribution in [3.05, 3.63) is 60.3 Å². The molecule has 1 aromatic carbocycles. The van der Waals surface area contributed by atoms with E-state index < -0.39 is 0 Å². The lowest BCUT2D eigenvalue weighted by molar-refractivity contribution is 0.147. The van der Waals surface area contributed by atoms with Crippen molar-refractivity contribution in [1.29, 1.82) is 0 Å². The summed E-state index contributed by atoms with van der Waals surface area (Å²) in [4.78, 5) is 8.89. The number of H-pyrrole nitrogens is 1. The number of hydrogen-bond donors (Lipinski definition) is 1. The maximum Gasteiger partial charge on any atom is 0.123 e. The van der Waals surface area contributed by atoms with Gasteiger partial charge in [0, 0.05) is 56.2 Å². The van der Waals surface area contributed by atoms with Crippen molar-refractivity contribution in [3.63, 3.8) is 0 Å². The third-order valence-electron chi connectivity index (χ3n) is 4.91. The maximum atomic E-state index is 13.3. The number of halogens is 1. The average molecular weight is 351 g/mol. The zero-order valence-corrected chi connectivity index (χ0v) is 14.8. The van der Waals surface area contributed by atoms with Gasteiger partial charge in [0.2, 0.25) is 0 Å². The topological polar surface area (TPSA) is 48.0 Å². The van der Waals surface area contributed by atoms with Gasteiger partial charge in [-0.2, -0.15) is 5.10 Å². The summed E-state index contributed by atoms with van der Waals surface area (Å²) in [7, 11) is 2.15. The summed E-state index contributed by atoms with van der Waals surface area (Å²) >= 11 is 0. The van der Waals surface area contributed by atoms with E-state index in [-0.39, 0.29) is 5.82 Å². The van der Waals surface area contributed by atoms with Crippen molar-refractivity contribution in [2.75, 3.05) is 33.2 Å². The Morgan fingerprint density at radius 1 is 0.962 bits per heavy atom. The van der Waals surface area contributed by atoms with Gasteiger partial charge < -0.3 is 4.90 Å². The summed E-state index contributed by atoms with van der Waals surface area (Å²) in [6.07, 6.45) is 3.58. The van der Waals surface area contributed by atoms with Crippen molar-refractivity contribution in [3.8, 4) is 22.4 Å². The molecule has 134 valence electrons. The lowest BCUT2D eigenvalue weighted by atomic mass is 9.99. The van der Waals surface area contributed by atoms with Crippen LogP contribution in [0.2, 0.25) is 0 Å². The van der Waals surface area contributed by atoms with Gasteiger partial charge >= 0.3 is 0 Å². The number of rotatable bonds is 4. The molecule has 6 heteroatoms. The van der Waals surface area contributed by atoms with Crippen LogP contribution in [0, 0.1) is 5.82 Å². The SMILES string of the molecule is CN1CCN(Cc2n[nH]c(-c3ccc(F)cc3)c2-c2ccncc2)CC1. The smallest absolute Gasteiger partial charge is 0.123 e. The molecule has 0 unspecified atom stereocenters. The summed E-state index contributed by atoms with van der Waals surface area (Å²) in [5.74, 6) is -0.239. The minimum atomic E-state index is -0.239. The molecular formula is C20H22FN5. The van der Waals surface area contributed by atoms with Crippen LogP contribution in [0.15, 0.2) is 48.8 Å². The summed E-state index contributed by atoms with van der Waals surface area (Å²) < 4.78 is 13.3. The minimum Gasteiger partial charge on any atom is -0.304 e. The Labute approximate surface area is 152 Å². The summed E-state index contributed by atoms with van der Waals surface area (Å²) in [5.41, 5.74) is 4.99. The Hall–Kier alpha value is -2.57. The molecule has 26 heavy (non-hydrogen) atoms. The highest BCUT2D eigenvalue weighted by molar-refractivity contribution is 5.82. The number of piperazine rings is 1. The molecule has 1 aliphatic rings. The largest absolute Gasteiger partial charge is 0.304 e. The van der Waals surface area contributed by atoms with Gasteiger partial charge in [-0.3, -0.25) is 15.0 Å². The van der Waals surface area contributed by atoms with Gasteiger partial charge in [-0.1, -0.05) is 0 Å². The van der Waals surface area contributed by atoms with Crippen molar-refractivity contribution in [2.24, 2.45) is 0 Å². The number of nitrogens with one attached hydrogen (secondary N) is 1. The van der Waals surface area contributed by atoms with Gasteiger partial charge in [0.1, 0.15) is 5.82 Å². The molecule has 3 aromatic rings. The first-order valence-corrected chi connectivity index (χ1v) is 8.85. The number of likely N-dealkylation sites (N-methyl/N-ethyl adjacent to an activating group) is 1. The molecule has 3 heterocycles. The van der Waals surface area contributed by atoms with E-state index in [1.165, 1.54) is 12.1 Å². The second-order valence-electron chi connectivity index (χ2n) is 6.74. The van der Waals surface area contributed by atoms with Gasteiger partial charge in [0.15, 0.2) is 0 Å². The monoisotopic (exact) mass is 351 g/mol. The third-order valence-corrected chi connectivity index (χ3v) is 4.91. The molecular weight excluding hydrogens is 329 g/mol. The molecule has 5 nitrogen and oxygen atoms in total. The first kappa shape index (κ1) is 16.9. The van der Waals surface area contributed by atoms with E-state index in [1.807, 2.05) is 12.1 Å². The normalized spacial score (nSPS) is 16.1. The lowest BCUT2D eigenvalue weighted by Crippen LogP contribution is -2.44. The lowest BCUT2D eigenvalue weighted by Gasteiger charge is -2.32. The summed E-state index contributed by atoms with van der Waals surface area (Å²) in [6.45, 7) is 5.00. The van der Waals surface area contributed by atoms with Crippen molar-refractivity contribution in [1.82, 2.24) is 25.0 Å². The average Bonchev–Trinajstić information content (AvgIpc) is 3.08. The van der Waals surface area contributed by atoms with E-state index in [0.717, 1.165) is 60.8 Å². The van der Waals surface area contributed by atoms with Crippen molar-refractivity contribution < 1.29 is 4.39 Å². The van der Waals surface area contributed by atoms with Crippen LogP contribution in [-0.4, -0.2) is 58.2 Å². The number of hydrogen-bond acceptors (Lipinski definition) is 4. The Balaban J connectivity index is 1.71. The van der Waals surface area contributed by atoms with E-state index >= 15 is 0 Å². The molecule has 1 aliphatic heterocycles. The molecule has 1 fully saturated rings. The number of aromatic nitrogens is 3. The highest BCUT2D eigenvalue weighted by Gasteiger charge is 2.21. The van der Waals surface area contributed by atoms with Crippen LogP contribution >= 0.6 is 0 Å². The molecule has 0 spiro atoms.